The van der Waals surface area contributed by atoms with Crippen molar-refractivity contribution in [2.24, 2.45) is 11.5 Å². The van der Waals surface area contributed by atoms with Crippen molar-refractivity contribution in [3.8, 4) is 0 Å². The summed E-state index contributed by atoms with van der Waals surface area (Å²) >= 11 is 0. The zero-order chi connectivity index (χ0) is 9.84. The van der Waals surface area contributed by atoms with Gasteiger partial charge in [-0.15, -0.1) is 0 Å². The third-order valence-corrected chi connectivity index (χ3v) is 2.73. The number of hydrogen-bond acceptors (Lipinski definition) is 3. The first-order chi connectivity index (χ1) is 6.13. The highest BCUT2D eigenvalue weighted by molar-refractivity contribution is 5.75. The Hall–Kier alpha value is -0.610. The molecule has 0 aromatic heterocycles. The van der Waals surface area contributed by atoms with Crippen molar-refractivity contribution in [3.05, 3.63) is 0 Å². The van der Waals surface area contributed by atoms with Gasteiger partial charge in [-0.3, -0.25) is 9.69 Å². The number of likely N-dealkylation sites (N-methyl/N-ethyl adjacent to an activating group) is 1. The summed E-state index contributed by atoms with van der Waals surface area (Å²) in [6.45, 7) is 3.29. The van der Waals surface area contributed by atoms with Gasteiger partial charge in [-0.2, -0.15) is 0 Å². The number of amides is 1. The fourth-order valence-corrected chi connectivity index (χ4v) is 2.02. The molecule has 0 radical (unpaired) electrons. The second-order valence-corrected chi connectivity index (χ2v) is 3.76. The number of nitrogens with two attached hydrogens (primary N) is 2. The first kappa shape index (κ1) is 10.5. The van der Waals surface area contributed by atoms with Gasteiger partial charge in [0.25, 0.3) is 0 Å². The number of carbonyl (C=O) groups is 1. The van der Waals surface area contributed by atoms with Gasteiger partial charge in [0.15, 0.2) is 0 Å². The van der Waals surface area contributed by atoms with Crippen LogP contribution in [0.5, 0.6) is 0 Å². The van der Waals surface area contributed by atoms with E-state index in [-0.39, 0.29) is 5.91 Å². The predicted molar refractivity (Wildman–Crippen MR) is 52.1 cm³/mol. The molecular weight excluding hydrogens is 166 g/mol. The van der Waals surface area contributed by atoms with E-state index in [1.165, 1.54) is 0 Å². The van der Waals surface area contributed by atoms with Gasteiger partial charge in [0.1, 0.15) is 0 Å². The zero-order valence-corrected chi connectivity index (χ0v) is 8.20. The topological polar surface area (TPSA) is 72.3 Å². The van der Waals surface area contributed by atoms with Crippen LogP contribution in [-0.2, 0) is 4.79 Å². The molecule has 0 aromatic rings. The van der Waals surface area contributed by atoms with E-state index in [1.807, 2.05) is 6.92 Å². The molecule has 2 atom stereocenters. The van der Waals surface area contributed by atoms with Gasteiger partial charge in [0.2, 0.25) is 5.91 Å². The van der Waals surface area contributed by atoms with Crippen LogP contribution >= 0.6 is 0 Å². The second kappa shape index (κ2) is 4.58. The molecule has 1 aliphatic rings. The van der Waals surface area contributed by atoms with Crippen LogP contribution in [0.3, 0.4) is 0 Å². The highest BCUT2D eigenvalue weighted by Crippen LogP contribution is 2.22. The van der Waals surface area contributed by atoms with E-state index in [2.05, 4.69) is 4.90 Å². The summed E-state index contributed by atoms with van der Waals surface area (Å²) in [5.41, 5.74) is 11.0. The fourth-order valence-electron chi connectivity index (χ4n) is 2.02. The van der Waals surface area contributed by atoms with Gasteiger partial charge in [-0.05, 0) is 25.8 Å². The number of rotatable bonds is 4. The molecule has 1 amide bonds. The second-order valence-electron chi connectivity index (χ2n) is 3.76. The Balaban J connectivity index is 2.42. The summed E-state index contributed by atoms with van der Waals surface area (Å²) in [4.78, 5) is 12.9. The Bertz CT molecular complexity index is 184. The van der Waals surface area contributed by atoms with Crippen LogP contribution in [0.25, 0.3) is 0 Å². The van der Waals surface area contributed by atoms with Crippen LogP contribution in [0.15, 0.2) is 0 Å². The molecule has 0 bridgehead atoms. The standard InChI is InChI=1S/C9H19N3O/c1-2-12(6-9(11)13)8-4-3-7(10)5-8/h7-8H,2-6,10H2,1H3,(H2,11,13). The first-order valence-corrected chi connectivity index (χ1v) is 4.91. The van der Waals surface area contributed by atoms with E-state index in [0.717, 1.165) is 25.8 Å². The highest BCUT2D eigenvalue weighted by atomic mass is 16.1. The van der Waals surface area contributed by atoms with Crippen LogP contribution < -0.4 is 11.5 Å². The van der Waals surface area contributed by atoms with Crippen molar-refractivity contribution < 1.29 is 4.79 Å². The third-order valence-electron chi connectivity index (χ3n) is 2.73. The van der Waals surface area contributed by atoms with E-state index >= 15 is 0 Å². The van der Waals surface area contributed by atoms with Crippen molar-refractivity contribution in [1.29, 1.82) is 0 Å². The Morgan fingerprint density at radius 1 is 1.54 bits per heavy atom. The Kier molecular flexibility index (Phi) is 3.69. The van der Waals surface area contributed by atoms with Crippen molar-refractivity contribution in [1.82, 2.24) is 4.90 Å². The Morgan fingerprint density at radius 2 is 2.23 bits per heavy atom. The molecule has 2 unspecified atom stereocenters. The van der Waals surface area contributed by atoms with E-state index in [9.17, 15) is 4.79 Å². The van der Waals surface area contributed by atoms with Crippen molar-refractivity contribution in [3.63, 3.8) is 0 Å². The lowest BCUT2D eigenvalue weighted by molar-refractivity contribution is -0.119. The molecule has 76 valence electrons. The average Bonchev–Trinajstić information content (AvgIpc) is 2.47. The smallest absolute Gasteiger partial charge is 0.231 e. The zero-order valence-electron chi connectivity index (χ0n) is 8.20. The number of nitrogens with zero attached hydrogens (tertiary/aromatic N) is 1. The first-order valence-electron chi connectivity index (χ1n) is 4.91. The highest BCUT2D eigenvalue weighted by Gasteiger charge is 2.26. The maximum Gasteiger partial charge on any atom is 0.231 e. The van der Waals surface area contributed by atoms with Crippen LogP contribution in [0, 0.1) is 0 Å². The van der Waals surface area contributed by atoms with E-state index < -0.39 is 0 Å². The van der Waals surface area contributed by atoms with Crippen LogP contribution in [-0.4, -0.2) is 36.0 Å². The third kappa shape index (κ3) is 2.97. The number of primary amides is 1. The van der Waals surface area contributed by atoms with E-state index in [4.69, 9.17) is 11.5 Å². The van der Waals surface area contributed by atoms with Crippen LogP contribution in [0.2, 0.25) is 0 Å². The molecule has 1 fully saturated rings. The van der Waals surface area contributed by atoms with Gasteiger partial charge in [0, 0.05) is 12.1 Å². The normalized spacial score (nSPS) is 28.2. The molecule has 0 heterocycles. The van der Waals surface area contributed by atoms with E-state index in [0.29, 0.717) is 18.6 Å². The summed E-state index contributed by atoms with van der Waals surface area (Å²) in [5, 5.41) is 0. The Labute approximate surface area is 79.3 Å². The molecule has 13 heavy (non-hydrogen) atoms. The minimum Gasteiger partial charge on any atom is -0.369 e. The molecule has 1 saturated carbocycles. The minimum atomic E-state index is -0.248. The Morgan fingerprint density at radius 3 is 2.62 bits per heavy atom. The SMILES string of the molecule is CCN(CC(N)=O)C1CCC(N)C1. The molecule has 4 N–H and O–H groups in total. The largest absolute Gasteiger partial charge is 0.369 e. The summed E-state index contributed by atoms with van der Waals surface area (Å²) in [6.07, 6.45) is 3.17. The van der Waals surface area contributed by atoms with Crippen molar-refractivity contribution >= 4 is 5.91 Å². The lowest BCUT2D eigenvalue weighted by Gasteiger charge is -2.25. The van der Waals surface area contributed by atoms with Gasteiger partial charge in [-0.25, -0.2) is 0 Å². The molecule has 0 aromatic carbocycles. The van der Waals surface area contributed by atoms with Gasteiger partial charge in [0.05, 0.1) is 6.54 Å². The summed E-state index contributed by atoms with van der Waals surface area (Å²) < 4.78 is 0. The molecule has 4 heteroatoms. The quantitative estimate of drug-likeness (QED) is 0.630. The maximum absolute atomic E-state index is 10.8. The molecule has 0 spiro atoms. The van der Waals surface area contributed by atoms with Crippen LogP contribution in [0.4, 0.5) is 0 Å². The average molecular weight is 185 g/mol. The maximum atomic E-state index is 10.8. The number of carbonyl (C=O) groups excluding carboxylic acids is 1. The minimum absolute atomic E-state index is 0.248. The van der Waals surface area contributed by atoms with Gasteiger partial charge >= 0.3 is 0 Å². The molecule has 0 aliphatic heterocycles. The fraction of sp³-hybridized carbons (Fsp3) is 0.889. The van der Waals surface area contributed by atoms with Crippen molar-refractivity contribution in [2.45, 2.75) is 38.3 Å². The van der Waals surface area contributed by atoms with E-state index in [1.54, 1.807) is 0 Å². The van der Waals surface area contributed by atoms with Crippen molar-refractivity contribution in [2.75, 3.05) is 13.1 Å². The molecule has 0 saturated heterocycles. The lowest BCUT2D eigenvalue weighted by atomic mass is 10.2. The summed E-state index contributed by atoms with van der Waals surface area (Å²) in [6, 6.07) is 0.777. The molecule has 1 rings (SSSR count). The molecular formula is C9H19N3O. The van der Waals surface area contributed by atoms with Gasteiger partial charge in [-0.1, -0.05) is 6.92 Å². The monoisotopic (exact) mass is 185 g/mol. The van der Waals surface area contributed by atoms with Crippen LogP contribution in [0.1, 0.15) is 26.2 Å². The lowest BCUT2D eigenvalue weighted by Crippen LogP contribution is -2.40. The summed E-state index contributed by atoms with van der Waals surface area (Å²) in [7, 11) is 0. The van der Waals surface area contributed by atoms with Gasteiger partial charge < -0.3 is 11.5 Å². The predicted octanol–water partition coefficient (Wildman–Crippen LogP) is -0.327. The molecule has 4 nitrogen and oxygen atoms in total. The molecule has 1 aliphatic carbocycles. The summed E-state index contributed by atoms with van der Waals surface area (Å²) in [5.74, 6) is -0.248. The number of hydrogen-bond donors (Lipinski definition) is 2.